The topological polar surface area (TPSA) is 50.8 Å². The average Bonchev–Trinajstić information content (AvgIpc) is 2.93. The summed E-state index contributed by atoms with van der Waals surface area (Å²) in [6.45, 7) is 3.82. The minimum absolute atomic E-state index is 0.110. The molecule has 5 nitrogen and oxygen atoms in total. The highest BCUT2D eigenvalue weighted by Gasteiger charge is 2.16. The van der Waals surface area contributed by atoms with Gasteiger partial charge >= 0.3 is 0 Å². The van der Waals surface area contributed by atoms with E-state index >= 15 is 0 Å². The van der Waals surface area contributed by atoms with Crippen molar-refractivity contribution in [3.63, 3.8) is 0 Å². The summed E-state index contributed by atoms with van der Waals surface area (Å²) in [5.41, 5.74) is 3.37. The number of carbonyl (C=O) groups excluding carboxylic acids is 1. The van der Waals surface area contributed by atoms with Crippen molar-refractivity contribution in [1.82, 2.24) is 10.2 Å². The third-order valence-corrected chi connectivity index (χ3v) is 6.50. The molecule has 1 N–H and O–H groups in total. The highest BCUT2D eigenvalue weighted by molar-refractivity contribution is 5.86. The maximum atomic E-state index is 13.4. The molecule has 4 aromatic rings. The molecule has 0 saturated heterocycles. The second-order valence-corrected chi connectivity index (χ2v) is 8.94. The number of amides is 1. The van der Waals surface area contributed by atoms with Gasteiger partial charge in [-0.15, -0.1) is 0 Å². The van der Waals surface area contributed by atoms with Crippen molar-refractivity contribution in [2.45, 2.75) is 32.5 Å². The minimum Gasteiger partial charge on any atom is -0.497 e. The van der Waals surface area contributed by atoms with Crippen LogP contribution in [0.3, 0.4) is 0 Å². The monoisotopic (exact) mass is 482 g/mol. The molecule has 186 valence electrons. The molecule has 0 unspecified atom stereocenters. The van der Waals surface area contributed by atoms with E-state index < -0.39 is 0 Å². The lowest BCUT2D eigenvalue weighted by atomic mass is 9.99. The number of nitrogens with zero attached hydrogens (tertiary/aromatic N) is 1. The van der Waals surface area contributed by atoms with Crippen LogP contribution < -0.4 is 14.8 Å². The number of rotatable bonds is 11. The molecule has 4 rings (SSSR count). The number of hydrogen-bond acceptors (Lipinski definition) is 4. The second kappa shape index (κ2) is 12.2. The summed E-state index contributed by atoms with van der Waals surface area (Å²) in [6.07, 6.45) is 0.418. The molecular weight excluding hydrogens is 448 g/mol. The van der Waals surface area contributed by atoms with E-state index in [9.17, 15) is 4.79 Å². The summed E-state index contributed by atoms with van der Waals surface area (Å²) in [6, 6.07) is 30.7. The van der Waals surface area contributed by atoms with Gasteiger partial charge in [0.2, 0.25) is 5.91 Å². The zero-order valence-corrected chi connectivity index (χ0v) is 21.2. The van der Waals surface area contributed by atoms with Crippen molar-refractivity contribution in [2.24, 2.45) is 0 Å². The van der Waals surface area contributed by atoms with Crippen molar-refractivity contribution in [2.75, 3.05) is 20.8 Å². The Hall–Kier alpha value is -3.83. The van der Waals surface area contributed by atoms with E-state index in [0.717, 1.165) is 22.6 Å². The molecular formula is C31H34N2O3. The normalized spacial score (nSPS) is 11.8. The summed E-state index contributed by atoms with van der Waals surface area (Å²) < 4.78 is 10.6. The van der Waals surface area contributed by atoms with Crippen LogP contribution in [0.25, 0.3) is 10.8 Å². The molecule has 0 aliphatic heterocycles. The Morgan fingerprint density at radius 3 is 1.92 bits per heavy atom. The molecule has 0 radical (unpaired) electrons. The summed E-state index contributed by atoms with van der Waals surface area (Å²) in [5, 5.41) is 6.02. The summed E-state index contributed by atoms with van der Waals surface area (Å²) in [7, 11) is 3.31. The Bertz CT molecular complexity index is 1210. The molecule has 0 heterocycles. The molecule has 0 aliphatic rings. The van der Waals surface area contributed by atoms with Crippen molar-refractivity contribution < 1.29 is 14.3 Å². The Balaban J connectivity index is 1.42. The fraction of sp³-hybridized carbons (Fsp3) is 0.258. The Morgan fingerprint density at radius 1 is 0.778 bits per heavy atom. The fourth-order valence-corrected chi connectivity index (χ4v) is 4.43. The van der Waals surface area contributed by atoms with Crippen LogP contribution >= 0.6 is 0 Å². The first-order valence-corrected chi connectivity index (χ1v) is 12.3. The van der Waals surface area contributed by atoms with E-state index in [-0.39, 0.29) is 11.9 Å². The Morgan fingerprint density at radius 2 is 1.33 bits per heavy atom. The van der Waals surface area contributed by atoms with Crippen LogP contribution in [-0.4, -0.2) is 31.6 Å². The quantitative estimate of drug-likeness (QED) is 0.280. The number of fused-ring (bicyclic) bond motifs is 1. The highest BCUT2D eigenvalue weighted by Crippen LogP contribution is 2.24. The van der Waals surface area contributed by atoms with Gasteiger partial charge in [-0.3, -0.25) is 4.79 Å². The predicted octanol–water partition coefficient (Wildman–Crippen LogP) is 6.13. The third-order valence-electron chi connectivity index (χ3n) is 6.50. The Labute approximate surface area is 213 Å². The first kappa shape index (κ1) is 25.3. The number of carbonyl (C=O) groups is 1. The molecule has 5 heteroatoms. The predicted molar refractivity (Wildman–Crippen MR) is 145 cm³/mol. The molecule has 4 aromatic carbocycles. The van der Waals surface area contributed by atoms with Gasteiger partial charge in [0.05, 0.1) is 14.2 Å². The van der Waals surface area contributed by atoms with Crippen LogP contribution in [0, 0.1) is 0 Å². The molecule has 36 heavy (non-hydrogen) atoms. The van der Waals surface area contributed by atoms with E-state index in [0.29, 0.717) is 26.1 Å². The van der Waals surface area contributed by atoms with Gasteiger partial charge in [0, 0.05) is 32.1 Å². The van der Waals surface area contributed by atoms with Gasteiger partial charge in [0.1, 0.15) is 11.5 Å². The number of nitrogens with one attached hydrogen (secondary N) is 1. The third kappa shape index (κ3) is 6.43. The molecule has 0 saturated carbocycles. The van der Waals surface area contributed by atoms with Crippen LogP contribution in [0.4, 0.5) is 0 Å². The standard InChI is InChI=1S/C31H34N2O3/c1-23(29-10-6-8-26-7-4-5-9-30(26)29)32-20-19-31(34)33(21-24-11-15-27(35-2)16-12-24)22-25-13-17-28(36-3)18-14-25/h4-18,23,32H,19-22H2,1-3H3/t23-/m1/s1. The molecule has 0 bridgehead atoms. The molecule has 0 aliphatic carbocycles. The maximum absolute atomic E-state index is 13.4. The smallest absolute Gasteiger partial charge is 0.224 e. The van der Waals surface area contributed by atoms with Gasteiger partial charge in [-0.25, -0.2) is 0 Å². The molecule has 1 atom stereocenters. The lowest BCUT2D eigenvalue weighted by Gasteiger charge is -2.24. The van der Waals surface area contributed by atoms with Crippen LogP contribution in [0.5, 0.6) is 11.5 Å². The first-order chi connectivity index (χ1) is 17.6. The van der Waals surface area contributed by atoms with Gasteiger partial charge in [0.15, 0.2) is 0 Å². The van der Waals surface area contributed by atoms with Crippen molar-refractivity contribution in [3.8, 4) is 11.5 Å². The van der Waals surface area contributed by atoms with Crippen molar-refractivity contribution >= 4 is 16.7 Å². The second-order valence-electron chi connectivity index (χ2n) is 8.94. The molecule has 0 fully saturated rings. The zero-order valence-electron chi connectivity index (χ0n) is 21.2. The van der Waals surface area contributed by atoms with E-state index in [2.05, 4.69) is 54.7 Å². The molecule has 0 spiro atoms. The minimum atomic E-state index is 0.110. The fourth-order valence-electron chi connectivity index (χ4n) is 4.43. The number of methoxy groups -OCH3 is 2. The largest absolute Gasteiger partial charge is 0.497 e. The zero-order chi connectivity index (χ0) is 25.3. The number of benzene rings is 4. The van der Waals surface area contributed by atoms with E-state index in [1.165, 1.54) is 16.3 Å². The van der Waals surface area contributed by atoms with Gasteiger partial charge in [0.25, 0.3) is 0 Å². The Kier molecular flexibility index (Phi) is 8.58. The van der Waals surface area contributed by atoms with E-state index in [1.54, 1.807) is 14.2 Å². The molecule has 1 amide bonds. The maximum Gasteiger partial charge on any atom is 0.224 e. The van der Waals surface area contributed by atoms with Crippen LogP contribution in [0.1, 0.15) is 36.1 Å². The van der Waals surface area contributed by atoms with Crippen LogP contribution in [0.15, 0.2) is 91.0 Å². The van der Waals surface area contributed by atoms with Gasteiger partial charge in [-0.1, -0.05) is 66.7 Å². The lowest BCUT2D eigenvalue weighted by molar-refractivity contribution is -0.132. The van der Waals surface area contributed by atoms with Crippen LogP contribution in [-0.2, 0) is 17.9 Å². The summed E-state index contributed by atoms with van der Waals surface area (Å²) >= 11 is 0. The van der Waals surface area contributed by atoms with E-state index in [4.69, 9.17) is 9.47 Å². The van der Waals surface area contributed by atoms with Gasteiger partial charge < -0.3 is 19.7 Å². The van der Waals surface area contributed by atoms with E-state index in [1.807, 2.05) is 53.4 Å². The van der Waals surface area contributed by atoms with Crippen molar-refractivity contribution in [1.29, 1.82) is 0 Å². The first-order valence-electron chi connectivity index (χ1n) is 12.3. The number of hydrogen-bond donors (Lipinski definition) is 1. The highest BCUT2D eigenvalue weighted by atomic mass is 16.5. The summed E-state index contributed by atoms with van der Waals surface area (Å²) in [5.74, 6) is 1.72. The van der Waals surface area contributed by atoms with Crippen LogP contribution in [0.2, 0.25) is 0 Å². The van der Waals surface area contributed by atoms with Crippen molar-refractivity contribution in [3.05, 3.63) is 108 Å². The van der Waals surface area contributed by atoms with Gasteiger partial charge in [-0.2, -0.15) is 0 Å². The molecule has 0 aromatic heterocycles. The lowest BCUT2D eigenvalue weighted by Crippen LogP contribution is -2.33. The summed E-state index contributed by atoms with van der Waals surface area (Å²) in [4.78, 5) is 15.3. The SMILES string of the molecule is COc1ccc(CN(Cc2ccc(OC)cc2)C(=O)CCN[C@H](C)c2cccc3ccccc23)cc1. The van der Waals surface area contributed by atoms with Gasteiger partial charge in [-0.05, 0) is 58.7 Å². The average molecular weight is 483 g/mol. The number of ether oxygens (including phenoxy) is 2.